The second kappa shape index (κ2) is 5.28. The van der Waals surface area contributed by atoms with Crippen molar-refractivity contribution < 1.29 is 9.53 Å². The van der Waals surface area contributed by atoms with Gasteiger partial charge in [-0.3, -0.25) is 4.57 Å². The van der Waals surface area contributed by atoms with E-state index in [1.54, 1.807) is 31.5 Å². The van der Waals surface area contributed by atoms with Crippen LogP contribution in [0.5, 0.6) is 0 Å². The normalized spacial score (nSPS) is 10.7. The van der Waals surface area contributed by atoms with E-state index in [0.717, 1.165) is 16.7 Å². The molecular formula is C16H15N3O2. The molecule has 0 aliphatic heterocycles. The summed E-state index contributed by atoms with van der Waals surface area (Å²) in [6.07, 6.45) is 1.72. The van der Waals surface area contributed by atoms with Crippen molar-refractivity contribution in [3.8, 4) is 5.69 Å². The molecule has 3 aromatic rings. The molecule has 0 amide bonds. The number of rotatable bonds is 3. The Bertz CT molecular complexity index is 808. The minimum Gasteiger partial charge on any atom is -0.462 e. The second-order valence-electron chi connectivity index (χ2n) is 4.60. The van der Waals surface area contributed by atoms with Gasteiger partial charge in [-0.2, -0.15) is 0 Å². The number of ether oxygens (including phenoxy) is 1. The van der Waals surface area contributed by atoms with E-state index in [0.29, 0.717) is 17.9 Å². The lowest BCUT2D eigenvalue weighted by molar-refractivity contribution is 0.0526. The van der Waals surface area contributed by atoms with Crippen molar-refractivity contribution in [1.82, 2.24) is 9.55 Å². The number of esters is 1. The molecule has 5 nitrogen and oxygen atoms in total. The van der Waals surface area contributed by atoms with Crippen LogP contribution in [0.15, 0.2) is 48.8 Å². The maximum atomic E-state index is 11.7. The number of para-hydroxylation sites is 2. The number of carbonyl (C=O) groups is 1. The predicted molar refractivity (Wildman–Crippen MR) is 81.4 cm³/mol. The number of nitrogens with zero attached hydrogens (tertiary/aromatic N) is 2. The summed E-state index contributed by atoms with van der Waals surface area (Å²) in [5.74, 6) is -0.369. The predicted octanol–water partition coefficient (Wildman–Crippen LogP) is 2.78. The first-order chi connectivity index (χ1) is 10.2. The van der Waals surface area contributed by atoms with Gasteiger partial charge in [0.25, 0.3) is 0 Å². The van der Waals surface area contributed by atoms with Crippen LogP contribution in [0, 0.1) is 0 Å². The van der Waals surface area contributed by atoms with Crippen LogP contribution in [0.25, 0.3) is 16.7 Å². The van der Waals surface area contributed by atoms with E-state index in [9.17, 15) is 4.79 Å². The van der Waals surface area contributed by atoms with Gasteiger partial charge in [-0.1, -0.05) is 12.1 Å². The molecule has 0 fully saturated rings. The molecule has 0 bridgehead atoms. The highest BCUT2D eigenvalue weighted by Crippen LogP contribution is 2.23. The number of carbonyl (C=O) groups excluding carboxylic acids is 1. The van der Waals surface area contributed by atoms with Crippen LogP contribution in [0.3, 0.4) is 0 Å². The summed E-state index contributed by atoms with van der Waals surface area (Å²) in [4.78, 5) is 16.0. The highest BCUT2D eigenvalue weighted by atomic mass is 16.5. The first kappa shape index (κ1) is 13.2. The molecule has 0 aliphatic carbocycles. The van der Waals surface area contributed by atoms with Crippen LogP contribution in [0.4, 0.5) is 5.69 Å². The molecule has 0 saturated heterocycles. The van der Waals surface area contributed by atoms with Gasteiger partial charge in [0.15, 0.2) is 0 Å². The van der Waals surface area contributed by atoms with Crippen molar-refractivity contribution in [3.05, 3.63) is 54.4 Å². The zero-order valence-corrected chi connectivity index (χ0v) is 11.6. The average molecular weight is 281 g/mol. The molecule has 3 rings (SSSR count). The minimum atomic E-state index is -0.369. The molecule has 2 N–H and O–H groups in total. The van der Waals surface area contributed by atoms with Crippen molar-refractivity contribution in [3.63, 3.8) is 0 Å². The lowest BCUT2D eigenvalue weighted by atomic mass is 10.1. The lowest BCUT2D eigenvalue weighted by Gasteiger charge is -2.09. The smallest absolute Gasteiger partial charge is 0.338 e. The highest BCUT2D eigenvalue weighted by Gasteiger charge is 2.11. The van der Waals surface area contributed by atoms with Crippen LogP contribution in [-0.4, -0.2) is 22.1 Å². The van der Waals surface area contributed by atoms with E-state index < -0.39 is 0 Å². The van der Waals surface area contributed by atoms with Gasteiger partial charge in [-0.05, 0) is 37.3 Å². The first-order valence-electron chi connectivity index (χ1n) is 6.70. The molecule has 0 radical (unpaired) electrons. The van der Waals surface area contributed by atoms with Gasteiger partial charge in [-0.15, -0.1) is 0 Å². The fourth-order valence-electron chi connectivity index (χ4n) is 2.27. The van der Waals surface area contributed by atoms with Gasteiger partial charge in [0.05, 0.1) is 34.6 Å². The quantitative estimate of drug-likeness (QED) is 0.592. The third-order valence-electron chi connectivity index (χ3n) is 3.25. The van der Waals surface area contributed by atoms with Gasteiger partial charge < -0.3 is 10.5 Å². The number of nitrogens with two attached hydrogens (primary N) is 1. The number of benzene rings is 2. The van der Waals surface area contributed by atoms with E-state index in [-0.39, 0.29) is 5.97 Å². The Balaban J connectivity index is 2.05. The van der Waals surface area contributed by atoms with Crippen LogP contribution < -0.4 is 5.73 Å². The summed E-state index contributed by atoms with van der Waals surface area (Å²) < 4.78 is 6.87. The number of nitrogen functional groups attached to an aromatic ring is 1. The van der Waals surface area contributed by atoms with Crippen molar-refractivity contribution in [2.45, 2.75) is 6.92 Å². The van der Waals surface area contributed by atoms with E-state index in [2.05, 4.69) is 4.98 Å². The number of aromatic nitrogens is 2. The fraction of sp³-hybridized carbons (Fsp3) is 0.125. The van der Waals surface area contributed by atoms with Gasteiger partial charge in [-0.25, -0.2) is 9.78 Å². The van der Waals surface area contributed by atoms with Crippen LogP contribution in [0.1, 0.15) is 17.3 Å². The number of anilines is 1. The summed E-state index contributed by atoms with van der Waals surface area (Å²) in [5.41, 5.74) is 9.68. The molecule has 21 heavy (non-hydrogen) atoms. The summed E-state index contributed by atoms with van der Waals surface area (Å²) in [6.45, 7) is 2.11. The molecule has 0 spiro atoms. The molecule has 106 valence electrons. The molecule has 0 unspecified atom stereocenters. The fourth-order valence-corrected chi connectivity index (χ4v) is 2.27. The molecule has 1 aromatic heterocycles. The molecule has 2 aromatic carbocycles. The Morgan fingerprint density at radius 2 is 2.10 bits per heavy atom. The number of imidazole rings is 1. The van der Waals surface area contributed by atoms with E-state index in [4.69, 9.17) is 10.5 Å². The largest absolute Gasteiger partial charge is 0.462 e. The second-order valence-corrected chi connectivity index (χ2v) is 4.60. The number of hydrogen-bond donors (Lipinski definition) is 1. The van der Waals surface area contributed by atoms with Gasteiger partial charge >= 0.3 is 5.97 Å². The van der Waals surface area contributed by atoms with Crippen molar-refractivity contribution in [2.24, 2.45) is 0 Å². The third-order valence-corrected chi connectivity index (χ3v) is 3.25. The zero-order valence-electron chi connectivity index (χ0n) is 11.6. The van der Waals surface area contributed by atoms with Crippen LogP contribution in [0.2, 0.25) is 0 Å². The molecule has 5 heteroatoms. The SMILES string of the molecule is CCOC(=O)c1ccc(-n2cnc3ccccc32)c(N)c1. The van der Waals surface area contributed by atoms with Crippen molar-refractivity contribution in [1.29, 1.82) is 0 Å². The first-order valence-corrected chi connectivity index (χ1v) is 6.70. The number of fused-ring (bicyclic) bond motifs is 1. The van der Waals surface area contributed by atoms with E-state index in [1.165, 1.54) is 0 Å². The maximum absolute atomic E-state index is 11.7. The van der Waals surface area contributed by atoms with Gasteiger partial charge in [0, 0.05) is 0 Å². The third kappa shape index (κ3) is 2.33. The lowest BCUT2D eigenvalue weighted by Crippen LogP contribution is -2.07. The Morgan fingerprint density at radius 3 is 2.86 bits per heavy atom. The van der Waals surface area contributed by atoms with Crippen LogP contribution >= 0.6 is 0 Å². The number of hydrogen-bond acceptors (Lipinski definition) is 4. The average Bonchev–Trinajstić information content (AvgIpc) is 2.91. The monoisotopic (exact) mass is 281 g/mol. The molecule has 0 saturated carbocycles. The van der Waals surface area contributed by atoms with E-state index >= 15 is 0 Å². The molecule has 0 atom stereocenters. The molecule has 0 aliphatic rings. The summed E-state index contributed by atoms with van der Waals surface area (Å²) in [5, 5.41) is 0. The zero-order chi connectivity index (χ0) is 14.8. The summed E-state index contributed by atoms with van der Waals surface area (Å²) in [6, 6.07) is 12.9. The van der Waals surface area contributed by atoms with Gasteiger partial charge in [0.2, 0.25) is 0 Å². The maximum Gasteiger partial charge on any atom is 0.338 e. The summed E-state index contributed by atoms with van der Waals surface area (Å²) in [7, 11) is 0. The molecular weight excluding hydrogens is 266 g/mol. The Morgan fingerprint density at radius 1 is 1.29 bits per heavy atom. The standard InChI is InChI=1S/C16H15N3O2/c1-2-21-16(20)11-7-8-14(12(17)9-11)19-10-18-13-5-3-4-6-15(13)19/h3-10H,2,17H2,1H3. The summed E-state index contributed by atoms with van der Waals surface area (Å²) >= 11 is 0. The topological polar surface area (TPSA) is 70.1 Å². The van der Waals surface area contributed by atoms with Gasteiger partial charge in [0.1, 0.15) is 6.33 Å². The Kier molecular flexibility index (Phi) is 3.31. The highest BCUT2D eigenvalue weighted by molar-refractivity contribution is 5.91. The Labute approximate surface area is 122 Å². The Hall–Kier alpha value is -2.82. The van der Waals surface area contributed by atoms with Crippen molar-refractivity contribution in [2.75, 3.05) is 12.3 Å². The molecule has 1 heterocycles. The van der Waals surface area contributed by atoms with E-state index in [1.807, 2.05) is 28.8 Å². The minimum absolute atomic E-state index is 0.340. The van der Waals surface area contributed by atoms with Crippen LogP contribution in [-0.2, 0) is 4.74 Å². The van der Waals surface area contributed by atoms with Crippen molar-refractivity contribution >= 4 is 22.7 Å².